The fraction of sp³-hybridized carbons (Fsp3) is 0.462. The molecule has 0 radical (unpaired) electrons. The average molecular weight is 327 g/mol. The third-order valence-corrected chi connectivity index (χ3v) is 4.92. The number of benzene rings is 1. The zero-order chi connectivity index (χ0) is 16.2. The van der Waals surface area contributed by atoms with E-state index < -0.39 is 14.9 Å². The van der Waals surface area contributed by atoms with Gasteiger partial charge in [-0.15, -0.1) is 0 Å². The Kier molecular flexibility index (Phi) is 5.09. The molecule has 2 rings (SSSR count). The Morgan fingerprint density at radius 2 is 1.82 bits per heavy atom. The SMILES string of the molecule is O=C(CCNS(=O)(=O)c1ccc([N+](=O)[O-])cc1)N1CCCC1. The summed E-state index contributed by atoms with van der Waals surface area (Å²) in [5, 5.41) is 10.5. The fourth-order valence-electron chi connectivity index (χ4n) is 2.25. The summed E-state index contributed by atoms with van der Waals surface area (Å²) in [4.78, 5) is 23.4. The molecule has 8 nitrogen and oxygen atoms in total. The maximum atomic E-state index is 12.0. The fourth-order valence-corrected chi connectivity index (χ4v) is 3.28. The van der Waals surface area contributed by atoms with E-state index in [-0.39, 0.29) is 29.5 Å². The Balaban J connectivity index is 1.90. The summed E-state index contributed by atoms with van der Waals surface area (Å²) < 4.78 is 26.4. The number of rotatable bonds is 6. The average Bonchev–Trinajstić information content (AvgIpc) is 3.01. The van der Waals surface area contributed by atoms with Gasteiger partial charge in [0, 0.05) is 38.2 Å². The van der Waals surface area contributed by atoms with Crippen LogP contribution in [0.2, 0.25) is 0 Å². The second kappa shape index (κ2) is 6.84. The number of nitrogens with one attached hydrogen (secondary N) is 1. The molecule has 0 spiro atoms. The molecule has 1 aliphatic rings. The first-order chi connectivity index (χ1) is 10.4. The predicted molar refractivity (Wildman–Crippen MR) is 78.7 cm³/mol. The molecular formula is C13H17N3O5S. The van der Waals surface area contributed by atoms with Crippen LogP contribution in [-0.4, -0.2) is 43.8 Å². The number of likely N-dealkylation sites (tertiary alicyclic amines) is 1. The first kappa shape index (κ1) is 16.4. The van der Waals surface area contributed by atoms with Crippen molar-refractivity contribution < 1.29 is 18.1 Å². The van der Waals surface area contributed by atoms with Gasteiger partial charge in [0.25, 0.3) is 5.69 Å². The summed E-state index contributed by atoms with van der Waals surface area (Å²) in [5.74, 6) is -0.0658. The maximum Gasteiger partial charge on any atom is 0.269 e. The van der Waals surface area contributed by atoms with Gasteiger partial charge in [-0.25, -0.2) is 13.1 Å². The molecule has 0 bridgehead atoms. The Labute approximate surface area is 128 Å². The molecule has 1 amide bonds. The van der Waals surface area contributed by atoms with Gasteiger partial charge >= 0.3 is 0 Å². The van der Waals surface area contributed by atoms with Crippen LogP contribution in [0.25, 0.3) is 0 Å². The lowest BCUT2D eigenvalue weighted by Crippen LogP contribution is -2.32. The number of nitro benzene ring substituents is 1. The molecule has 1 aromatic carbocycles. The normalized spacial score (nSPS) is 15.0. The zero-order valence-electron chi connectivity index (χ0n) is 11.9. The van der Waals surface area contributed by atoms with Crippen molar-refractivity contribution in [1.82, 2.24) is 9.62 Å². The maximum absolute atomic E-state index is 12.0. The number of hydrogen-bond acceptors (Lipinski definition) is 5. The number of sulfonamides is 1. The van der Waals surface area contributed by atoms with Crippen molar-refractivity contribution in [3.63, 3.8) is 0 Å². The van der Waals surface area contributed by atoms with Crippen LogP contribution in [0.1, 0.15) is 19.3 Å². The van der Waals surface area contributed by atoms with Crippen molar-refractivity contribution in [1.29, 1.82) is 0 Å². The predicted octanol–water partition coefficient (Wildman–Crippen LogP) is 0.886. The Bertz CT molecular complexity index is 651. The van der Waals surface area contributed by atoms with Gasteiger partial charge in [0.05, 0.1) is 9.82 Å². The van der Waals surface area contributed by atoms with Crippen LogP contribution in [-0.2, 0) is 14.8 Å². The van der Waals surface area contributed by atoms with Gasteiger partial charge in [-0.3, -0.25) is 14.9 Å². The number of non-ortho nitro benzene ring substituents is 1. The highest BCUT2D eigenvalue weighted by atomic mass is 32.2. The van der Waals surface area contributed by atoms with E-state index >= 15 is 0 Å². The minimum absolute atomic E-state index is 0.00859. The number of carbonyl (C=O) groups is 1. The molecule has 1 fully saturated rings. The molecule has 1 saturated heterocycles. The Morgan fingerprint density at radius 3 is 2.36 bits per heavy atom. The van der Waals surface area contributed by atoms with Crippen molar-refractivity contribution in [3.05, 3.63) is 34.4 Å². The quantitative estimate of drug-likeness (QED) is 0.616. The Hall–Kier alpha value is -2.00. The Morgan fingerprint density at radius 1 is 1.23 bits per heavy atom. The molecule has 1 aromatic rings. The van der Waals surface area contributed by atoms with E-state index in [0.29, 0.717) is 0 Å². The van der Waals surface area contributed by atoms with E-state index in [1.165, 1.54) is 12.1 Å². The van der Waals surface area contributed by atoms with E-state index in [2.05, 4.69) is 4.72 Å². The first-order valence-electron chi connectivity index (χ1n) is 6.92. The topological polar surface area (TPSA) is 110 Å². The van der Waals surface area contributed by atoms with Gasteiger partial charge in [-0.1, -0.05) is 0 Å². The zero-order valence-corrected chi connectivity index (χ0v) is 12.7. The van der Waals surface area contributed by atoms with Crippen LogP contribution < -0.4 is 4.72 Å². The first-order valence-corrected chi connectivity index (χ1v) is 8.40. The van der Waals surface area contributed by atoms with Gasteiger partial charge in [0.15, 0.2) is 0 Å². The number of amides is 1. The van der Waals surface area contributed by atoms with Crippen molar-refractivity contribution in [3.8, 4) is 0 Å². The monoisotopic (exact) mass is 327 g/mol. The lowest BCUT2D eigenvalue weighted by Gasteiger charge is -2.15. The summed E-state index contributed by atoms with van der Waals surface area (Å²) in [7, 11) is -3.77. The summed E-state index contributed by atoms with van der Waals surface area (Å²) in [6.45, 7) is 1.47. The van der Waals surface area contributed by atoms with Gasteiger partial charge in [0.1, 0.15) is 0 Å². The van der Waals surface area contributed by atoms with Gasteiger partial charge in [-0.2, -0.15) is 0 Å². The van der Waals surface area contributed by atoms with Gasteiger partial charge in [0.2, 0.25) is 15.9 Å². The van der Waals surface area contributed by atoms with Gasteiger partial charge < -0.3 is 4.90 Å². The molecule has 0 unspecified atom stereocenters. The van der Waals surface area contributed by atoms with Crippen LogP contribution in [0.5, 0.6) is 0 Å². The summed E-state index contributed by atoms with van der Waals surface area (Å²) in [6, 6.07) is 4.60. The molecule has 120 valence electrons. The van der Waals surface area contributed by atoms with E-state index in [0.717, 1.165) is 38.1 Å². The third-order valence-electron chi connectivity index (χ3n) is 3.45. The van der Waals surface area contributed by atoms with Crippen molar-refractivity contribution in [2.75, 3.05) is 19.6 Å². The standard InChI is InChI=1S/C13H17N3O5S/c17-13(15-9-1-2-10-15)7-8-14-22(20,21)12-5-3-11(4-6-12)16(18)19/h3-6,14H,1-2,7-10H2. The molecule has 1 N–H and O–H groups in total. The minimum Gasteiger partial charge on any atom is -0.343 e. The molecule has 22 heavy (non-hydrogen) atoms. The van der Waals surface area contributed by atoms with Crippen LogP contribution in [0.15, 0.2) is 29.2 Å². The van der Waals surface area contributed by atoms with E-state index in [9.17, 15) is 23.3 Å². The molecule has 0 aromatic heterocycles. The highest BCUT2D eigenvalue weighted by Crippen LogP contribution is 2.15. The highest BCUT2D eigenvalue weighted by Gasteiger charge is 2.19. The van der Waals surface area contributed by atoms with Gasteiger partial charge in [-0.05, 0) is 25.0 Å². The van der Waals surface area contributed by atoms with Crippen molar-refractivity contribution in [2.24, 2.45) is 0 Å². The lowest BCUT2D eigenvalue weighted by molar-refractivity contribution is -0.384. The molecule has 0 saturated carbocycles. The largest absolute Gasteiger partial charge is 0.343 e. The molecule has 1 heterocycles. The number of hydrogen-bond donors (Lipinski definition) is 1. The van der Waals surface area contributed by atoms with Crippen LogP contribution in [0.3, 0.4) is 0 Å². The lowest BCUT2D eigenvalue weighted by atomic mass is 10.3. The van der Waals surface area contributed by atoms with Crippen LogP contribution in [0.4, 0.5) is 5.69 Å². The van der Waals surface area contributed by atoms with E-state index in [1.807, 2.05) is 0 Å². The third kappa shape index (κ3) is 4.01. The molecule has 1 aliphatic heterocycles. The van der Waals surface area contributed by atoms with Crippen LogP contribution >= 0.6 is 0 Å². The second-order valence-corrected chi connectivity index (χ2v) is 6.75. The molecule has 9 heteroatoms. The van der Waals surface area contributed by atoms with Crippen molar-refractivity contribution in [2.45, 2.75) is 24.2 Å². The summed E-state index contributed by atoms with van der Waals surface area (Å²) >= 11 is 0. The smallest absolute Gasteiger partial charge is 0.269 e. The van der Waals surface area contributed by atoms with Crippen LogP contribution in [0, 0.1) is 10.1 Å². The van der Waals surface area contributed by atoms with E-state index in [1.54, 1.807) is 4.90 Å². The molecule has 0 aliphatic carbocycles. The number of carbonyl (C=O) groups excluding carboxylic acids is 1. The van der Waals surface area contributed by atoms with E-state index in [4.69, 9.17) is 0 Å². The molecular weight excluding hydrogens is 310 g/mol. The number of nitro groups is 1. The van der Waals surface area contributed by atoms with Crippen molar-refractivity contribution >= 4 is 21.6 Å². The number of nitrogens with zero attached hydrogens (tertiary/aromatic N) is 2. The molecule has 0 atom stereocenters. The minimum atomic E-state index is -3.77. The second-order valence-electron chi connectivity index (χ2n) is 4.99. The highest BCUT2D eigenvalue weighted by molar-refractivity contribution is 7.89. The summed E-state index contributed by atoms with van der Waals surface area (Å²) in [5.41, 5.74) is -0.178. The summed E-state index contributed by atoms with van der Waals surface area (Å²) in [6.07, 6.45) is 2.08.